The Morgan fingerprint density at radius 1 is 1.33 bits per heavy atom. The van der Waals surface area contributed by atoms with Crippen LogP contribution in [0.2, 0.25) is 0 Å². The maximum atomic E-state index is 10.9. The van der Waals surface area contributed by atoms with E-state index in [1.165, 1.54) is 5.56 Å². The first-order chi connectivity index (χ1) is 8.56. The molecule has 0 radical (unpaired) electrons. The van der Waals surface area contributed by atoms with E-state index in [1.807, 2.05) is 18.2 Å². The molecule has 1 aromatic rings. The minimum Gasteiger partial charge on any atom is -0.493 e. The maximum absolute atomic E-state index is 10.9. The average Bonchev–Trinajstić information content (AvgIpc) is 2.71. The van der Waals surface area contributed by atoms with Crippen LogP contribution in [-0.4, -0.2) is 40.9 Å². The van der Waals surface area contributed by atoms with Crippen molar-refractivity contribution < 1.29 is 13.2 Å². The predicted molar refractivity (Wildman–Crippen MR) is 70.4 cm³/mol. The van der Waals surface area contributed by atoms with Gasteiger partial charge in [0.2, 0.25) is 10.0 Å². The molecule has 1 aliphatic heterocycles. The third-order valence-electron chi connectivity index (χ3n) is 2.86. The lowest BCUT2D eigenvalue weighted by Crippen LogP contribution is -2.33. The van der Waals surface area contributed by atoms with Gasteiger partial charge < -0.3 is 10.1 Å². The molecule has 1 aromatic carbocycles. The quantitative estimate of drug-likeness (QED) is 0.730. The summed E-state index contributed by atoms with van der Waals surface area (Å²) in [5.74, 6) is 1.30. The number of hydrogen-bond donors (Lipinski definition) is 2. The largest absolute Gasteiger partial charge is 0.493 e. The molecule has 100 valence electrons. The number of nitrogens with one attached hydrogen (secondary N) is 2. The van der Waals surface area contributed by atoms with Gasteiger partial charge >= 0.3 is 0 Å². The maximum Gasteiger partial charge on any atom is 0.208 e. The van der Waals surface area contributed by atoms with Crippen LogP contribution in [0.15, 0.2) is 24.3 Å². The van der Waals surface area contributed by atoms with Crippen LogP contribution in [0.1, 0.15) is 11.5 Å². The van der Waals surface area contributed by atoms with Crippen molar-refractivity contribution in [1.29, 1.82) is 0 Å². The minimum atomic E-state index is -3.09. The lowest BCUT2D eigenvalue weighted by atomic mass is 10.0. The standard InChI is InChI=1S/C12H18N2O3S/c1-18(15,16)14-7-6-13-8-10-9-17-12-5-3-2-4-11(10)12/h2-5,10,13-14H,6-9H2,1H3. The van der Waals surface area contributed by atoms with E-state index < -0.39 is 10.0 Å². The minimum absolute atomic E-state index is 0.347. The van der Waals surface area contributed by atoms with Crippen molar-refractivity contribution in [2.45, 2.75) is 5.92 Å². The Labute approximate surface area is 108 Å². The second-order valence-electron chi connectivity index (χ2n) is 4.42. The third-order valence-corrected chi connectivity index (χ3v) is 3.58. The Hall–Kier alpha value is -1.11. The van der Waals surface area contributed by atoms with E-state index >= 15 is 0 Å². The molecule has 0 aliphatic carbocycles. The molecular formula is C12H18N2O3S. The summed E-state index contributed by atoms with van der Waals surface area (Å²) in [6.07, 6.45) is 1.16. The van der Waals surface area contributed by atoms with Crippen molar-refractivity contribution in [3.8, 4) is 5.75 Å². The second kappa shape index (κ2) is 5.69. The first-order valence-corrected chi connectivity index (χ1v) is 7.82. The van der Waals surface area contributed by atoms with Crippen LogP contribution in [0, 0.1) is 0 Å². The van der Waals surface area contributed by atoms with Gasteiger partial charge in [0.1, 0.15) is 5.75 Å². The fourth-order valence-corrected chi connectivity index (χ4v) is 2.47. The van der Waals surface area contributed by atoms with Crippen LogP contribution in [0.5, 0.6) is 5.75 Å². The average molecular weight is 270 g/mol. The summed E-state index contributed by atoms with van der Waals surface area (Å²) in [7, 11) is -3.09. The predicted octanol–water partition coefficient (Wildman–Crippen LogP) is 0.301. The number of fused-ring (bicyclic) bond motifs is 1. The highest BCUT2D eigenvalue weighted by Crippen LogP contribution is 2.32. The topological polar surface area (TPSA) is 67.4 Å². The van der Waals surface area contributed by atoms with Gasteiger partial charge in [-0.05, 0) is 6.07 Å². The molecule has 0 bridgehead atoms. The van der Waals surface area contributed by atoms with E-state index in [-0.39, 0.29) is 0 Å². The van der Waals surface area contributed by atoms with Crippen LogP contribution in [0.4, 0.5) is 0 Å². The summed E-state index contributed by atoms with van der Waals surface area (Å²) < 4.78 is 29.7. The van der Waals surface area contributed by atoms with E-state index in [1.54, 1.807) is 0 Å². The van der Waals surface area contributed by atoms with Gasteiger partial charge in [0, 0.05) is 31.1 Å². The van der Waals surface area contributed by atoms with E-state index in [2.05, 4.69) is 16.1 Å². The first-order valence-electron chi connectivity index (χ1n) is 5.93. The molecule has 1 atom stereocenters. The highest BCUT2D eigenvalue weighted by atomic mass is 32.2. The van der Waals surface area contributed by atoms with Crippen LogP contribution in [-0.2, 0) is 10.0 Å². The molecule has 2 rings (SSSR count). The van der Waals surface area contributed by atoms with Crippen molar-refractivity contribution in [1.82, 2.24) is 10.0 Å². The summed E-state index contributed by atoms with van der Waals surface area (Å²) in [4.78, 5) is 0. The Morgan fingerprint density at radius 2 is 2.11 bits per heavy atom. The first kappa shape index (κ1) is 13.3. The summed E-state index contributed by atoms with van der Waals surface area (Å²) in [5.41, 5.74) is 1.22. The third kappa shape index (κ3) is 3.69. The summed E-state index contributed by atoms with van der Waals surface area (Å²) in [6, 6.07) is 8.01. The monoisotopic (exact) mass is 270 g/mol. The van der Waals surface area contributed by atoms with Gasteiger partial charge in [0.25, 0.3) is 0 Å². The molecule has 2 N–H and O–H groups in total. The Kier molecular flexibility index (Phi) is 4.21. The van der Waals surface area contributed by atoms with Gasteiger partial charge in [-0.2, -0.15) is 0 Å². The fraction of sp³-hybridized carbons (Fsp3) is 0.500. The molecule has 0 amide bonds. The van der Waals surface area contributed by atoms with Crippen molar-refractivity contribution >= 4 is 10.0 Å². The molecular weight excluding hydrogens is 252 g/mol. The van der Waals surface area contributed by atoms with Gasteiger partial charge in [-0.15, -0.1) is 0 Å². The summed E-state index contributed by atoms with van der Waals surface area (Å²) >= 11 is 0. The summed E-state index contributed by atoms with van der Waals surface area (Å²) in [6.45, 7) is 2.51. The number of rotatable bonds is 6. The number of sulfonamides is 1. The Morgan fingerprint density at radius 3 is 2.89 bits per heavy atom. The van der Waals surface area contributed by atoms with E-state index in [9.17, 15) is 8.42 Å². The van der Waals surface area contributed by atoms with E-state index in [4.69, 9.17) is 4.74 Å². The zero-order valence-electron chi connectivity index (χ0n) is 10.3. The van der Waals surface area contributed by atoms with Crippen LogP contribution in [0.3, 0.4) is 0 Å². The molecule has 1 aliphatic rings. The molecule has 0 saturated carbocycles. The number of para-hydroxylation sites is 1. The van der Waals surface area contributed by atoms with Crippen molar-refractivity contribution in [2.24, 2.45) is 0 Å². The molecule has 0 spiro atoms. The summed E-state index contributed by atoms with van der Waals surface area (Å²) in [5, 5.41) is 3.23. The number of ether oxygens (including phenoxy) is 1. The Balaban J connectivity index is 1.73. The highest BCUT2D eigenvalue weighted by molar-refractivity contribution is 7.88. The van der Waals surface area contributed by atoms with Gasteiger partial charge in [-0.3, -0.25) is 0 Å². The SMILES string of the molecule is CS(=O)(=O)NCCNCC1COc2ccccc21. The molecule has 0 aromatic heterocycles. The number of hydrogen-bond acceptors (Lipinski definition) is 4. The van der Waals surface area contributed by atoms with Crippen molar-refractivity contribution in [3.63, 3.8) is 0 Å². The van der Waals surface area contributed by atoms with Crippen LogP contribution in [0.25, 0.3) is 0 Å². The molecule has 6 heteroatoms. The van der Waals surface area contributed by atoms with Crippen LogP contribution >= 0.6 is 0 Å². The molecule has 5 nitrogen and oxygen atoms in total. The smallest absolute Gasteiger partial charge is 0.208 e. The molecule has 0 saturated heterocycles. The molecule has 0 fully saturated rings. The molecule has 18 heavy (non-hydrogen) atoms. The van der Waals surface area contributed by atoms with Gasteiger partial charge in [-0.1, -0.05) is 18.2 Å². The molecule has 1 unspecified atom stereocenters. The van der Waals surface area contributed by atoms with Gasteiger partial charge in [-0.25, -0.2) is 13.1 Å². The van der Waals surface area contributed by atoms with E-state index in [0.29, 0.717) is 25.6 Å². The van der Waals surface area contributed by atoms with Gasteiger partial charge in [0.05, 0.1) is 12.9 Å². The molecule has 1 heterocycles. The zero-order valence-corrected chi connectivity index (χ0v) is 11.2. The number of benzene rings is 1. The lowest BCUT2D eigenvalue weighted by Gasteiger charge is -2.10. The van der Waals surface area contributed by atoms with Gasteiger partial charge in [0.15, 0.2) is 0 Å². The van der Waals surface area contributed by atoms with Crippen molar-refractivity contribution in [2.75, 3.05) is 32.5 Å². The lowest BCUT2D eigenvalue weighted by molar-refractivity contribution is 0.327. The fourth-order valence-electron chi connectivity index (χ4n) is 2.00. The zero-order chi connectivity index (χ0) is 13.0. The normalized spacial score (nSPS) is 18.4. The Bertz CT molecular complexity index is 502. The van der Waals surface area contributed by atoms with Crippen molar-refractivity contribution in [3.05, 3.63) is 29.8 Å². The second-order valence-corrected chi connectivity index (χ2v) is 6.25. The van der Waals surface area contributed by atoms with E-state index in [0.717, 1.165) is 18.6 Å². The highest BCUT2D eigenvalue weighted by Gasteiger charge is 2.22. The van der Waals surface area contributed by atoms with Crippen LogP contribution < -0.4 is 14.8 Å².